The highest BCUT2D eigenvalue weighted by Gasteiger charge is 2.35. The SMILES string of the molecule is CC(C)(C)c1cc(NC(=O)[C@H]2CC(=O)Nc3ccccc32)n([C@H]2CCS(=O)(=O)C2)n1. The lowest BCUT2D eigenvalue weighted by atomic mass is 9.89. The van der Waals surface area contributed by atoms with E-state index in [1.807, 2.05) is 39.0 Å². The summed E-state index contributed by atoms with van der Waals surface area (Å²) in [5, 5.41) is 10.4. The molecular weight excluding hydrogens is 404 g/mol. The van der Waals surface area contributed by atoms with Crippen molar-refractivity contribution in [2.24, 2.45) is 0 Å². The average molecular weight is 431 g/mol. The van der Waals surface area contributed by atoms with Crippen LogP contribution in [-0.4, -0.2) is 41.5 Å². The van der Waals surface area contributed by atoms with Crippen LogP contribution in [0.25, 0.3) is 0 Å². The summed E-state index contributed by atoms with van der Waals surface area (Å²) in [7, 11) is -3.11. The summed E-state index contributed by atoms with van der Waals surface area (Å²) in [4.78, 5) is 25.3. The van der Waals surface area contributed by atoms with Crippen molar-refractivity contribution in [3.8, 4) is 0 Å². The molecule has 0 unspecified atom stereocenters. The van der Waals surface area contributed by atoms with Crippen LogP contribution in [0.3, 0.4) is 0 Å². The molecule has 2 aromatic rings. The summed E-state index contributed by atoms with van der Waals surface area (Å²) in [5.74, 6) is -0.541. The van der Waals surface area contributed by atoms with Crippen molar-refractivity contribution in [3.05, 3.63) is 41.6 Å². The summed E-state index contributed by atoms with van der Waals surface area (Å²) in [6, 6.07) is 8.74. The highest BCUT2D eigenvalue weighted by Crippen LogP contribution is 2.35. The lowest BCUT2D eigenvalue weighted by Gasteiger charge is -2.25. The molecule has 9 heteroatoms. The number of nitrogens with zero attached hydrogens (tertiary/aromatic N) is 2. The van der Waals surface area contributed by atoms with Crippen LogP contribution in [-0.2, 0) is 24.8 Å². The van der Waals surface area contributed by atoms with Crippen LogP contribution in [0.2, 0.25) is 0 Å². The topological polar surface area (TPSA) is 110 Å². The third kappa shape index (κ3) is 3.98. The molecule has 2 aliphatic heterocycles. The number of amides is 2. The van der Waals surface area contributed by atoms with Gasteiger partial charge in [-0.1, -0.05) is 39.0 Å². The molecule has 1 saturated heterocycles. The van der Waals surface area contributed by atoms with Crippen LogP contribution >= 0.6 is 0 Å². The second-order valence-electron chi connectivity index (χ2n) is 9.05. The van der Waals surface area contributed by atoms with E-state index in [0.717, 1.165) is 11.3 Å². The molecule has 2 atom stereocenters. The summed E-state index contributed by atoms with van der Waals surface area (Å²) < 4.78 is 25.6. The van der Waals surface area contributed by atoms with Gasteiger partial charge in [-0.3, -0.25) is 9.59 Å². The Morgan fingerprint density at radius 2 is 2.00 bits per heavy atom. The molecule has 0 aliphatic carbocycles. The zero-order valence-electron chi connectivity index (χ0n) is 17.3. The Kier molecular flexibility index (Phi) is 4.96. The van der Waals surface area contributed by atoms with E-state index in [1.54, 1.807) is 16.8 Å². The van der Waals surface area contributed by atoms with Crippen molar-refractivity contribution < 1.29 is 18.0 Å². The highest BCUT2D eigenvalue weighted by molar-refractivity contribution is 7.91. The Morgan fingerprint density at radius 3 is 2.67 bits per heavy atom. The van der Waals surface area contributed by atoms with Crippen LogP contribution in [0, 0.1) is 0 Å². The van der Waals surface area contributed by atoms with Crippen LogP contribution in [0.4, 0.5) is 11.5 Å². The molecule has 2 N–H and O–H groups in total. The lowest BCUT2D eigenvalue weighted by molar-refractivity contribution is -0.123. The molecule has 2 amide bonds. The van der Waals surface area contributed by atoms with E-state index in [0.29, 0.717) is 17.9 Å². The van der Waals surface area contributed by atoms with Crippen molar-refractivity contribution in [2.75, 3.05) is 22.1 Å². The lowest BCUT2D eigenvalue weighted by Crippen LogP contribution is -2.31. The predicted molar refractivity (Wildman–Crippen MR) is 114 cm³/mol. The molecule has 2 aliphatic rings. The molecule has 3 heterocycles. The van der Waals surface area contributed by atoms with E-state index in [2.05, 4.69) is 15.7 Å². The van der Waals surface area contributed by atoms with E-state index < -0.39 is 15.8 Å². The summed E-state index contributed by atoms with van der Waals surface area (Å²) >= 11 is 0. The van der Waals surface area contributed by atoms with Gasteiger partial charge in [0.05, 0.1) is 29.2 Å². The van der Waals surface area contributed by atoms with E-state index in [-0.39, 0.29) is 41.2 Å². The third-order valence-electron chi connectivity index (χ3n) is 5.63. The second kappa shape index (κ2) is 7.23. The fraction of sp³-hybridized carbons (Fsp3) is 0.476. The van der Waals surface area contributed by atoms with Gasteiger partial charge in [0.15, 0.2) is 9.84 Å². The van der Waals surface area contributed by atoms with Crippen LogP contribution in [0.15, 0.2) is 30.3 Å². The summed E-state index contributed by atoms with van der Waals surface area (Å²) in [6.45, 7) is 6.04. The molecular formula is C21H26N4O4S. The number of carbonyl (C=O) groups excluding carboxylic acids is 2. The largest absolute Gasteiger partial charge is 0.326 e. The summed E-state index contributed by atoms with van der Waals surface area (Å²) in [6.07, 6.45) is 0.520. The van der Waals surface area contributed by atoms with Crippen molar-refractivity contribution in [3.63, 3.8) is 0 Å². The quantitative estimate of drug-likeness (QED) is 0.778. The number of carbonyl (C=O) groups is 2. The Balaban J connectivity index is 1.67. The molecule has 0 saturated carbocycles. The minimum absolute atomic E-state index is 0.00972. The van der Waals surface area contributed by atoms with E-state index in [4.69, 9.17) is 0 Å². The van der Waals surface area contributed by atoms with Crippen LogP contribution in [0.1, 0.15) is 56.8 Å². The standard InChI is InChI=1S/C21H26N4O4S/c1-21(2,3)17-11-18(25(24-17)13-8-9-30(28,29)12-13)23-20(27)15-10-19(26)22-16-7-5-4-6-14(15)16/h4-7,11,13,15H,8-10,12H2,1-3H3,(H,22,26)(H,23,27)/t13-,15-/m0/s1. The Labute approximate surface area is 176 Å². The van der Waals surface area contributed by atoms with Gasteiger partial charge in [0, 0.05) is 23.6 Å². The molecule has 30 heavy (non-hydrogen) atoms. The van der Waals surface area contributed by atoms with Gasteiger partial charge in [-0.05, 0) is 18.1 Å². The van der Waals surface area contributed by atoms with Gasteiger partial charge < -0.3 is 10.6 Å². The smallest absolute Gasteiger partial charge is 0.233 e. The molecule has 1 aromatic carbocycles. The van der Waals surface area contributed by atoms with Gasteiger partial charge in [-0.25, -0.2) is 13.1 Å². The van der Waals surface area contributed by atoms with Gasteiger partial charge in [-0.15, -0.1) is 0 Å². The van der Waals surface area contributed by atoms with Gasteiger partial charge >= 0.3 is 0 Å². The number of benzene rings is 1. The first kappa shape index (κ1) is 20.6. The maximum Gasteiger partial charge on any atom is 0.233 e. The number of fused-ring (bicyclic) bond motifs is 1. The fourth-order valence-corrected chi connectivity index (χ4v) is 5.65. The number of para-hydroxylation sites is 1. The minimum Gasteiger partial charge on any atom is -0.326 e. The first-order valence-electron chi connectivity index (χ1n) is 10.0. The second-order valence-corrected chi connectivity index (χ2v) is 11.3. The Morgan fingerprint density at radius 1 is 1.27 bits per heavy atom. The number of nitrogens with one attached hydrogen (secondary N) is 2. The number of anilines is 2. The Bertz CT molecular complexity index is 1110. The first-order valence-corrected chi connectivity index (χ1v) is 11.9. The number of hydrogen-bond acceptors (Lipinski definition) is 5. The van der Waals surface area contributed by atoms with Gasteiger partial charge in [0.2, 0.25) is 11.8 Å². The molecule has 0 bridgehead atoms. The number of rotatable bonds is 3. The fourth-order valence-electron chi connectivity index (χ4n) is 3.96. The molecule has 8 nitrogen and oxygen atoms in total. The van der Waals surface area contributed by atoms with Crippen molar-refractivity contribution >= 4 is 33.2 Å². The van der Waals surface area contributed by atoms with Crippen molar-refractivity contribution in [2.45, 2.75) is 51.0 Å². The van der Waals surface area contributed by atoms with Crippen molar-refractivity contribution in [1.29, 1.82) is 0 Å². The van der Waals surface area contributed by atoms with Crippen LogP contribution in [0.5, 0.6) is 0 Å². The number of sulfone groups is 1. The summed E-state index contributed by atoms with van der Waals surface area (Å²) in [5.41, 5.74) is 1.91. The molecule has 0 spiro atoms. The van der Waals surface area contributed by atoms with Gasteiger partial charge in [0.25, 0.3) is 0 Å². The third-order valence-corrected chi connectivity index (χ3v) is 7.38. The van der Waals surface area contributed by atoms with Gasteiger partial charge in [-0.2, -0.15) is 5.10 Å². The monoisotopic (exact) mass is 430 g/mol. The predicted octanol–water partition coefficient (Wildman–Crippen LogP) is 2.60. The first-order chi connectivity index (χ1) is 14.0. The van der Waals surface area contributed by atoms with Crippen LogP contribution < -0.4 is 10.6 Å². The Hall–Kier alpha value is -2.68. The van der Waals surface area contributed by atoms with E-state index >= 15 is 0 Å². The molecule has 1 fully saturated rings. The zero-order chi connectivity index (χ0) is 21.7. The number of hydrogen-bond donors (Lipinski definition) is 2. The van der Waals surface area contributed by atoms with Gasteiger partial charge in [0.1, 0.15) is 5.82 Å². The maximum atomic E-state index is 13.2. The number of aromatic nitrogens is 2. The zero-order valence-corrected chi connectivity index (χ0v) is 18.1. The normalized spacial score (nSPS) is 23.0. The molecule has 1 aromatic heterocycles. The molecule has 4 rings (SSSR count). The maximum absolute atomic E-state index is 13.2. The van der Waals surface area contributed by atoms with Crippen molar-refractivity contribution in [1.82, 2.24) is 9.78 Å². The minimum atomic E-state index is -3.11. The molecule has 160 valence electrons. The average Bonchev–Trinajstić information content (AvgIpc) is 3.23. The van der Waals surface area contributed by atoms with E-state index in [9.17, 15) is 18.0 Å². The molecule has 0 radical (unpaired) electrons. The highest BCUT2D eigenvalue weighted by atomic mass is 32.2. The van der Waals surface area contributed by atoms with E-state index in [1.165, 1.54) is 0 Å².